The molecule has 7 heteroatoms. The van der Waals surface area contributed by atoms with Crippen molar-refractivity contribution < 1.29 is 23.8 Å². The molecular weight excluding hydrogens is 276 g/mol. The molecule has 0 heterocycles. The van der Waals surface area contributed by atoms with E-state index in [9.17, 15) is 9.59 Å². The van der Waals surface area contributed by atoms with Gasteiger partial charge in [0.25, 0.3) is 0 Å². The van der Waals surface area contributed by atoms with Crippen LogP contribution >= 0.6 is 0 Å². The number of nitrogens with one attached hydrogen (secondary N) is 2. The maximum atomic E-state index is 11.6. The van der Waals surface area contributed by atoms with Gasteiger partial charge in [0.2, 0.25) is 5.91 Å². The van der Waals surface area contributed by atoms with E-state index in [1.54, 1.807) is 25.3 Å². The van der Waals surface area contributed by atoms with E-state index in [4.69, 9.17) is 9.47 Å². The molecule has 0 aromatic heterocycles. The topological polar surface area (TPSA) is 85.9 Å². The van der Waals surface area contributed by atoms with Gasteiger partial charge in [-0.2, -0.15) is 0 Å². The van der Waals surface area contributed by atoms with E-state index in [0.29, 0.717) is 17.2 Å². The number of benzene rings is 1. The second-order valence-electron chi connectivity index (χ2n) is 4.22. The van der Waals surface area contributed by atoms with Crippen LogP contribution in [-0.4, -0.2) is 45.8 Å². The quantitative estimate of drug-likeness (QED) is 0.724. The number of methoxy groups -OCH3 is 3. The smallest absolute Gasteiger partial charge is 0.330 e. The van der Waals surface area contributed by atoms with Crippen molar-refractivity contribution >= 4 is 17.6 Å². The Bertz CT molecular complexity index is 504. The second kappa shape index (κ2) is 7.98. The highest BCUT2D eigenvalue weighted by Crippen LogP contribution is 2.28. The number of esters is 1. The van der Waals surface area contributed by atoms with Crippen molar-refractivity contribution in [2.75, 3.05) is 33.2 Å². The first kappa shape index (κ1) is 16.6. The average Bonchev–Trinajstić information content (AvgIpc) is 2.49. The highest BCUT2D eigenvalue weighted by molar-refractivity contribution is 5.83. The van der Waals surface area contributed by atoms with Crippen LogP contribution in [0.2, 0.25) is 0 Å². The van der Waals surface area contributed by atoms with Gasteiger partial charge in [-0.15, -0.1) is 0 Å². The van der Waals surface area contributed by atoms with Crippen LogP contribution in [0.5, 0.6) is 11.5 Å². The van der Waals surface area contributed by atoms with Gasteiger partial charge in [-0.1, -0.05) is 0 Å². The average molecular weight is 296 g/mol. The highest BCUT2D eigenvalue weighted by Gasteiger charge is 2.20. The maximum Gasteiger partial charge on any atom is 0.330 e. The van der Waals surface area contributed by atoms with Gasteiger partial charge in [0.1, 0.15) is 17.5 Å². The molecule has 0 aliphatic rings. The number of carbonyl (C=O) groups is 2. The Balaban J connectivity index is 2.79. The van der Waals surface area contributed by atoms with Crippen LogP contribution in [0.1, 0.15) is 6.92 Å². The summed E-state index contributed by atoms with van der Waals surface area (Å²) in [5, 5.41) is 5.56. The van der Waals surface area contributed by atoms with Crippen molar-refractivity contribution in [2.24, 2.45) is 0 Å². The first-order valence-electron chi connectivity index (χ1n) is 6.32. The summed E-state index contributed by atoms with van der Waals surface area (Å²) in [5.74, 6) is 0.392. The van der Waals surface area contributed by atoms with E-state index in [1.165, 1.54) is 21.1 Å². The van der Waals surface area contributed by atoms with E-state index >= 15 is 0 Å². The molecule has 1 amide bonds. The second-order valence-corrected chi connectivity index (χ2v) is 4.22. The summed E-state index contributed by atoms with van der Waals surface area (Å²) in [6, 6.07) is 4.46. The normalized spacial score (nSPS) is 11.2. The summed E-state index contributed by atoms with van der Waals surface area (Å²) in [6.45, 7) is 1.51. The van der Waals surface area contributed by atoms with Crippen LogP contribution in [0, 0.1) is 0 Å². The summed E-state index contributed by atoms with van der Waals surface area (Å²) in [6.07, 6.45) is 0. The summed E-state index contributed by atoms with van der Waals surface area (Å²) < 4.78 is 15.0. The Morgan fingerprint density at radius 3 is 2.43 bits per heavy atom. The number of anilines is 1. The molecule has 116 valence electrons. The summed E-state index contributed by atoms with van der Waals surface area (Å²) in [7, 11) is 4.36. The number of hydrogen-bond acceptors (Lipinski definition) is 6. The molecule has 1 atom stereocenters. The Hall–Kier alpha value is -2.44. The van der Waals surface area contributed by atoms with Crippen molar-refractivity contribution in [1.29, 1.82) is 0 Å². The largest absolute Gasteiger partial charge is 0.497 e. The van der Waals surface area contributed by atoms with Crippen molar-refractivity contribution in [3.05, 3.63) is 18.2 Å². The Morgan fingerprint density at radius 2 is 1.90 bits per heavy atom. The van der Waals surface area contributed by atoms with Gasteiger partial charge < -0.3 is 24.8 Å². The van der Waals surface area contributed by atoms with Crippen LogP contribution in [0.4, 0.5) is 5.69 Å². The van der Waals surface area contributed by atoms with Crippen molar-refractivity contribution in [2.45, 2.75) is 13.0 Å². The molecule has 1 aromatic carbocycles. The molecule has 1 unspecified atom stereocenters. The summed E-state index contributed by atoms with van der Waals surface area (Å²) in [4.78, 5) is 22.7. The zero-order chi connectivity index (χ0) is 15.8. The van der Waals surface area contributed by atoms with E-state index in [2.05, 4.69) is 15.4 Å². The zero-order valence-corrected chi connectivity index (χ0v) is 12.6. The van der Waals surface area contributed by atoms with Crippen LogP contribution < -0.4 is 20.1 Å². The predicted octanol–water partition coefficient (Wildman–Crippen LogP) is 0.793. The fraction of sp³-hybridized carbons (Fsp3) is 0.429. The molecule has 0 fully saturated rings. The molecule has 0 radical (unpaired) electrons. The minimum atomic E-state index is -0.778. The van der Waals surface area contributed by atoms with Crippen LogP contribution in [0.15, 0.2) is 18.2 Å². The molecule has 0 saturated heterocycles. The number of hydrogen-bond donors (Lipinski definition) is 2. The van der Waals surface area contributed by atoms with Crippen LogP contribution in [0.25, 0.3) is 0 Å². The summed E-state index contributed by atoms with van der Waals surface area (Å²) in [5.41, 5.74) is 0.678. The van der Waals surface area contributed by atoms with Crippen molar-refractivity contribution in [3.8, 4) is 11.5 Å². The number of carbonyl (C=O) groups excluding carboxylic acids is 2. The molecule has 7 nitrogen and oxygen atoms in total. The number of ether oxygens (including phenoxy) is 3. The summed E-state index contributed by atoms with van der Waals surface area (Å²) >= 11 is 0. The molecule has 2 N–H and O–H groups in total. The van der Waals surface area contributed by atoms with Crippen molar-refractivity contribution in [3.63, 3.8) is 0 Å². The molecule has 1 aromatic rings. The first-order chi connectivity index (χ1) is 10.0. The maximum absolute atomic E-state index is 11.6. The third-order valence-electron chi connectivity index (χ3n) is 2.77. The zero-order valence-electron chi connectivity index (χ0n) is 12.6. The van der Waals surface area contributed by atoms with E-state index < -0.39 is 12.0 Å². The van der Waals surface area contributed by atoms with E-state index in [0.717, 1.165) is 0 Å². The lowest BCUT2D eigenvalue weighted by Crippen LogP contribution is -2.45. The minimum absolute atomic E-state index is 0.176. The van der Waals surface area contributed by atoms with Gasteiger partial charge in [0.05, 0.1) is 27.0 Å². The van der Waals surface area contributed by atoms with Crippen LogP contribution in [0.3, 0.4) is 0 Å². The fourth-order valence-electron chi connectivity index (χ4n) is 1.74. The van der Waals surface area contributed by atoms with Gasteiger partial charge >= 0.3 is 5.97 Å². The van der Waals surface area contributed by atoms with Crippen molar-refractivity contribution in [1.82, 2.24) is 5.32 Å². The van der Waals surface area contributed by atoms with Gasteiger partial charge in [0, 0.05) is 19.5 Å². The number of amides is 1. The number of rotatable bonds is 7. The van der Waals surface area contributed by atoms with Gasteiger partial charge in [-0.05, 0) is 12.1 Å². The standard InChI is InChI=1S/C14H20N2O5/c1-9(17)16-12(14(18)21-4)8-15-11-6-5-10(19-2)7-13(11)20-3/h5-7,12,15H,8H2,1-4H3,(H,16,17). The van der Waals surface area contributed by atoms with Gasteiger partial charge in [-0.25, -0.2) is 4.79 Å². The van der Waals surface area contributed by atoms with E-state index in [1.807, 2.05) is 0 Å². The minimum Gasteiger partial charge on any atom is -0.497 e. The van der Waals surface area contributed by atoms with Gasteiger partial charge in [-0.3, -0.25) is 4.79 Å². The highest BCUT2D eigenvalue weighted by atomic mass is 16.5. The Morgan fingerprint density at radius 1 is 1.19 bits per heavy atom. The lowest BCUT2D eigenvalue weighted by Gasteiger charge is -2.18. The lowest BCUT2D eigenvalue weighted by atomic mass is 10.2. The van der Waals surface area contributed by atoms with Gasteiger partial charge in [0.15, 0.2) is 0 Å². The SMILES string of the molecule is COC(=O)C(CNc1ccc(OC)cc1OC)NC(C)=O. The van der Waals surface area contributed by atoms with E-state index in [-0.39, 0.29) is 12.5 Å². The molecule has 0 spiro atoms. The Labute approximate surface area is 123 Å². The Kier molecular flexibility index (Phi) is 6.32. The molecule has 21 heavy (non-hydrogen) atoms. The molecule has 0 aliphatic carbocycles. The monoisotopic (exact) mass is 296 g/mol. The molecule has 0 saturated carbocycles. The fourth-order valence-corrected chi connectivity index (χ4v) is 1.74. The molecule has 0 aliphatic heterocycles. The molecule has 1 rings (SSSR count). The van der Waals surface area contributed by atoms with Crippen LogP contribution in [-0.2, 0) is 14.3 Å². The first-order valence-corrected chi connectivity index (χ1v) is 6.32. The molecule has 0 bridgehead atoms. The third-order valence-corrected chi connectivity index (χ3v) is 2.77. The predicted molar refractivity (Wildman–Crippen MR) is 77.7 cm³/mol. The third kappa shape index (κ3) is 4.87. The molecular formula is C14H20N2O5. The lowest BCUT2D eigenvalue weighted by molar-refractivity contribution is -0.144.